The van der Waals surface area contributed by atoms with Crippen LogP contribution in [0.5, 0.6) is 0 Å². The van der Waals surface area contributed by atoms with Gasteiger partial charge in [-0.3, -0.25) is 0 Å². The molecule has 100 valence electrons. The van der Waals surface area contributed by atoms with E-state index in [0.717, 1.165) is 24.7 Å². The Morgan fingerprint density at radius 3 is 3.11 bits per heavy atom. The first-order valence-electron chi connectivity index (χ1n) is 7.30. The quantitative estimate of drug-likeness (QED) is 0.885. The third-order valence-electron chi connectivity index (χ3n) is 4.22. The molecule has 2 fully saturated rings. The van der Waals surface area contributed by atoms with E-state index in [2.05, 4.69) is 34.8 Å². The zero-order chi connectivity index (χ0) is 12.5. The van der Waals surface area contributed by atoms with E-state index in [-0.39, 0.29) is 0 Å². The van der Waals surface area contributed by atoms with Gasteiger partial charge in [0.15, 0.2) is 0 Å². The Labute approximate surface area is 109 Å². The molecule has 0 spiro atoms. The number of nitrogens with one attached hydrogen (secondary N) is 1. The fourth-order valence-electron chi connectivity index (χ4n) is 3.40. The first kappa shape index (κ1) is 12.0. The van der Waals surface area contributed by atoms with Crippen molar-refractivity contribution in [3.8, 4) is 0 Å². The predicted molar refractivity (Wildman–Crippen MR) is 74.0 cm³/mol. The summed E-state index contributed by atoms with van der Waals surface area (Å²) in [6.07, 6.45) is 6.06. The Balaban J connectivity index is 1.78. The molecular weight excluding hydrogens is 224 g/mol. The van der Waals surface area contributed by atoms with Gasteiger partial charge in [-0.1, -0.05) is 6.92 Å². The molecule has 0 bridgehead atoms. The summed E-state index contributed by atoms with van der Waals surface area (Å²) in [7, 11) is 0. The number of hydrogen-bond acceptors (Lipinski definition) is 3. The molecule has 2 aliphatic heterocycles. The molecule has 2 aliphatic rings. The normalized spacial score (nSPS) is 27.6. The average Bonchev–Trinajstić information content (AvgIpc) is 2.92. The van der Waals surface area contributed by atoms with E-state index in [0.29, 0.717) is 6.04 Å². The molecule has 0 aromatic carbocycles. The fourth-order valence-corrected chi connectivity index (χ4v) is 3.40. The zero-order valence-electron chi connectivity index (χ0n) is 11.5. The number of nitrogens with zero attached hydrogens (tertiary/aromatic N) is 3. The van der Waals surface area contributed by atoms with Crippen LogP contribution in [0.25, 0.3) is 0 Å². The highest BCUT2D eigenvalue weighted by Crippen LogP contribution is 2.28. The van der Waals surface area contributed by atoms with Gasteiger partial charge in [-0.15, -0.1) is 0 Å². The van der Waals surface area contributed by atoms with Crippen LogP contribution >= 0.6 is 0 Å². The van der Waals surface area contributed by atoms with Crippen LogP contribution in [0.1, 0.15) is 31.9 Å². The van der Waals surface area contributed by atoms with Gasteiger partial charge < -0.3 is 14.8 Å². The molecule has 1 N–H and O–H groups in total. The van der Waals surface area contributed by atoms with E-state index < -0.39 is 0 Å². The van der Waals surface area contributed by atoms with E-state index in [9.17, 15) is 0 Å². The maximum absolute atomic E-state index is 4.73. The Morgan fingerprint density at radius 2 is 2.33 bits per heavy atom. The summed E-state index contributed by atoms with van der Waals surface area (Å²) in [5.74, 6) is 2.01. The summed E-state index contributed by atoms with van der Waals surface area (Å²) in [6, 6.07) is 0.686. The molecule has 0 aliphatic carbocycles. The van der Waals surface area contributed by atoms with Gasteiger partial charge in [-0.25, -0.2) is 4.98 Å². The van der Waals surface area contributed by atoms with Crippen molar-refractivity contribution >= 4 is 5.95 Å². The van der Waals surface area contributed by atoms with E-state index in [1.54, 1.807) is 0 Å². The lowest BCUT2D eigenvalue weighted by Crippen LogP contribution is -2.40. The lowest BCUT2D eigenvalue weighted by Gasteiger charge is -2.24. The van der Waals surface area contributed by atoms with Crippen LogP contribution in [0.4, 0.5) is 5.95 Å². The van der Waals surface area contributed by atoms with Crippen LogP contribution in [-0.4, -0.2) is 35.2 Å². The Morgan fingerprint density at radius 1 is 1.44 bits per heavy atom. The second-order valence-electron chi connectivity index (χ2n) is 5.74. The maximum Gasteiger partial charge on any atom is 0.205 e. The summed E-state index contributed by atoms with van der Waals surface area (Å²) < 4.78 is 2.33. The van der Waals surface area contributed by atoms with E-state index >= 15 is 0 Å². The molecule has 4 nitrogen and oxygen atoms in total. The highest BCUT2D eigenvalue weighted by atomic mass is 15.3. The number of aryl methyl sites for hydroxylation is 2. The molecule has 1 aromatic rings. The van der Waals surface area contributed by atoms with Crippen molar-refractivity contribution in [2.24, 2.45) is 5.92 Å². The van der Waals surface area contributed by atoms with Crippen molar-refractivity contribution < 1.29 is 0 Å². The summed E-state index contributed by atoms with van der Waals surface area (Å²) in [5.41, 5.74) is 1.14. The number of piperidine rings is 1. The topological polar surface area (TPSA) is 33.1 Å². The monoisotopic (exact) mass is 248 g/mol. The second kappa shape index (κ2) is 4.92. The minimum absolute atomic E-state index is 0.686. The molecule has 1 aromatic heterocycles. The first-order valence-corrected chi connectivity index (χ1v) is 7.30. The largest absolute Gasteiger partial charge is 0.340 e. The zero-order valence-corrected chi connectivity index (χ0v) is 11.5. The molecule has 2 unspecified atom stereocenters. The predicted octanol–water partition coefficient (Wildman–Crippen LogP) is 1.79. The molecule has 4 heteroatoms. The lowest BCUT2D eigenvalue weighted by molar-refractivity contribution is 0.340. The number of hydrogen-bond donors (Lipinski definition) is 1. The van der Waals surface area contributed by atoms with Crippen LogP contribution in [0.15, 0.2) is 6.20 Å². The molecule has 0 radical (unpaired) electrons. The minimum atomic E-state index is 0.686. The summed E-state index contributed by atoms with van der Waals surface area (Å²) >= 11 is 0. The van der Waals surface area contributed by atoms with E-state index in [1.165, 1.54) is 38.3 Å². The van der Waals surface area contributed by atoms with Crippen molar-refractivity contribution in [3.63, 3.8) is 0 Å². The van der Waals surface area contributed by atoms with Crippen molar-refractivity contribution in [1.29, 1.82) is 0 Å². The van der Waals surface area contributed by atoms with Gasteiger partial charge in [0.2, 0.25) is 5.95 Å². The maximum atomic E-state index is 4.73. The van der Waals surface area contributed by atoms with E-state index in [4.69, 9.17) is 4.98 Å². The highest BCUT2D eigenvalue weighted by molar-refractivity contribution is 5.36. The van der Waals surface area contributed by atoms with Crippen LogP contribution in [0, 0.1) is 12.8 Å². The van der Waals surface area contributed by atoms with Crippen molar-refractivity contribution in [2.45, 2.75) is 45.7 Å². The molecule has 2 saturated heterocycles. The number of rotatable bonds is 3. The standard InChI is InChI=1S/C14H24N4/c1-3-7-17-8-11(2)16-14(17)18-9-12-5-4-6-15-13(12)10-18/h8,12-13,15H,3-7,9-10H2,1-2H3. The summed E-state index contributed by atoms with van der Waals surface area (Å²) in [4.78, 5) is 7.21. The van der Waals surface area contributed by atoms with Gasteiger partial charge in [0.1, 0.15) is 0 Å². The van der Waals surface area contributed by atoms with Gasteiger partial charge >= 0.3 is 0 Å². The third kappa shape index (κ3) is 2.14. The second-order valence-corrected chi connectivity index (χ2v) is 5.74. The number of anilines is 1. The van der Waals surface area contributed by atoms with E-state index in [1.807, 2.05) is 0 Å². The molecule has 3 rings (SSSR count). The Hall–Kier alpha value is -1.03. The first-order chi connectivity index (χ1) is 8.78. The number of imidazole rings is 1. The smallest absolute Gasteiger partial charge is 0.205 e. The Bertz CT molecular complexity index is 398. The SMILES string of the molecule is CCCn1cc(C)nc1N1CC2CCCNC2C1. The molecule has 0 amide bonds. The van der Waals surface area contributed by atoms with Gasteiger partial charge in [0, 0.05) is 31.9 Å². The fraction of sp³-hybridized carbons (Fsp3) is 0.786. The molecule has 2 atom stereocenters. The van der Waals surface area contributed by atoms with Crippen molar-refractivity contribution in [1.82, 2.24) is 14.9 Å². The van der Waals surface area contributed by atoms with Gasteiger partial charge in [0.05, 0.1) is 5.69 Å². The Kier molecular flexibility index (Phi) is 3.29. The number of aromatic nitrogens is 2. The van der Waals surface area contributed by atoms with Crippen molar-refractivity contribution in [2.75, 3.05) is 24.5 Å². The average molecular weight is 248 g/mol. The lowest BCUT2D eigenvalue weighted by atomic mass is 9.94. The summed E-state index contributed by atoms with van der Waals surface area (Å²) in [5, 5.41) is 3.66. The molecular formula is C14H24N4. The third-order valence-corrected chi connectivity index (χ3v) is 4.22. The molecule has 0 saturated carbocycles. The van der Waals surface area contributed by atoms with Crippen molar-refractivity contribution in [3.05, 3.63) is 11.9 Å². The van der Waals surface area contributed by atoms with Crippen LogP contribution < -0.4 is 10.2 Å². The van der Waals surface area contributed by atoms with Gasteiger partial charge in [-0.05, 0) is 38.6 Å². The molecule has 18 heavy (non-hydrogen) atoms. The van der Waals surface area contributed by atoms with Crippen LogP contribution in [0.2, 0.25) is 0 Å². The minimum Gasteiger partial charge on any atom is -0.340 e. The molecule has 3 heterocycles. The van der Waals surface area contributed by atoms with Gasteiger partial charge in [-0.2, -0.15) is 0 Å². The van der Waals surface area contributed by atoms with Crippen LogP contribution in [0.3, 0.4) is 0 Å². The van der Waals surface area contributed by atoms with Gasteiger partial charge in [0.25, 0.3) is 0 Å². The highest BCUT2D eigenvalue weighted by Gasteiger charge is 2.35. The van der Waals surface area contributed by atoms with Crippen LogP contribution in [-0.2, 0) is 6.54 Å². The number of fused-ring (bicyclic) bond motifs is 1. The summed E-state index contributed by atoms with van der Waals surface area (Å²) in [6.45, 7) is 8.90.